The Morgan fingerprint density at radius 1 is 1.27 bits per heavy atom. The van der Waals surface area contributed by atoms with E-state index in [4.69, 9.17) is 11.6 Å². The molecule has 2 N–H and O–H groups in total. The molecule has 0 spiro atoms. The van der Waals surface area contributed by atoms with Crippen LogP contribution in [0.4, 0.5) is 5.69 Å². The van der Waals surface area contributed by atoms with E-state index in [1.54, 1.807) is 0 Å². The van der Waals surface area contributed by atoms with Gasteiger partial charge >= 0.3 is 0 Å². The van der Waals surface area contributed by atoms with Gasteiger partial charge in [-0.3, -0.25) is 0 Å². The van der Waals surface area contributed by atoms with Gasteiger partial charge in [-0.05, 0) is 49.8 Å². The Bertz CT molecular complexity index is 588. The summed E-state index contributed by atoms with van der Waals surface area (Å²) in [5.41, 5.74) is 0.993. The summed E-state index contributed by atoms with van der Waals surface area (Å²) in [5.74, 6) is 0. The van der Waals surface area contributed by atoms with E-state index in [9.17, 15) is 10.2 Å². The minimum Gasteiger partial charge on any atom is -0.387 e. The van der Waals surface area contributed by atoms with Crippen molar-refractivity contribution in [2.75, 3.05) is 11.4 Å². The monoisotopic (exact) mass is 451 g/mol. The molecule has 1 saturated heterocycles. The molecule has 0 amide bonds. The molecule has 0 bridgehead atoms. The molecule has 26 heavy (non-hydrogen) atoms. The summed E-state index contributed by atoms with van der Waals surface area (Å²) < 4.78 is 0. The number of benzene rings is 1. The molecule has 3 atom stereocenters. The van der Waals surface area contributed by atoms with E-state index in [0.717, 1.165) is 49.9 Å². The van der Waals surface area contributed by atoms with Gasteiger partial charge in [-0.15, -0.1) is 11.6 Å². The first-order chi connectivity index (χ1) is 12.0. The normalized spacial score (nSPS) is 25.8. The van der Waals surface area contributed by atoms with Crippen LogP contribution in [0, 0.1) is 6.92 Å². The molecule has 1 saturated carbocycles. The van der Waals surface area contributed by atoms with Gasteiger partial charge in [0, 0.05) is 51.0 Å². The average Bonchev–Trinajstić information content (AvgIpc) is 2.97. The molecule has 2 aliphatic rings. The van der Waals surface area contributed by atoms with Crippen molar-refractivity contribution < 1.29 is 42.9 Å². The Kier molecular flexibility index (Phi) is 8.62. The second-order valence-electron chi connectivity index (χ2n) is 7.37. The number of halogens is 1. The maximum Gasteiger partial charge on any atom is 0.108 e. The number of aliphatic hydroxyl groups is 2. The van der Waals surface area contributed by atoms with Crippen LogP contribution in [0.3, 0.4) is 0 Å². The summed E-state index contributed by atoms with van der Waals surface area (Å²) >= 11 is 6.54. The summed E-state index contributed by atoms with van der Waals surface area (Å²) in [6.45, 7) is 4.81. The summed E-state index contributed by atoms with van der Waals surface area (Å²) in [4.78, 5) is 2.36. The molecule has 1 aromatic rings. The molecule has 2 fully saturated rings. The minimum absolute atomic E-state index is 0. The molecule has 5 heteroatoms. The SMILES string of the molecule is [CH2-]CC/C=C\CC1C(Cl)CCN1c1ccc(C(O)C2(O)CCC2)cc1.[Y]. The van der Waals surface area contributed by atoms with Crippen molar-refractivity contribution in [2.24, 2.45) is 0 Å². The second-order valence-corrected chi connectivity index (χ2v) is 7.93. The Hall–Kier alpha value is 0.0739. The molecule has 1 heterocycles. The van der Waals surface area contributed by atoms with Crippen LogP contribution >= 0.6 is 11.6 Å². The van der Waals surface area contributed by atoms with Gasteiger partial charge in [0.25, 0.3) is 0 Å². The van der Waals surface area contributed by atoms with E-state index in [2.05, 4.69) is 24.0 Å². The Labute approximate surface area is 187 Å². The van der Waals surface area contributed by atoms with Crippen molar-refractivity contribution in [3.63, 3.8) is 0 Å². The average molecular weight is 452 g/mol. The molecule has 1 aliphatic carbocycles. The standard InChI is InChI=1S/C21H29ClNO2.Y/c1-2-3-4-5-7-19-18(22)12-15-23(19)17-10-8-16(9-11-17)20(24)21(25)13-6-14-21;/h4-5,8-11,18-20,24-25H,1-3,6-7,12-15H2;/q-1;/b5-4-;. The van der Waals surface area contributed by atoms with Crippen molar-refractivity contribution in [1.29, 1.82) is 0 Å². The number of alkyl halides is 1. The van der Waals surface area contributed by atoms with Crippen LogP contribution < -0.4 is 4.90 Å². The van der Waals surface area contributed by atoms with Gasteiger partial charge in [-0.2, -0.15) is 6.42 Å². The summed E-state index contributed by atoms with van der Waals surface area (Å²) in [7, 11) is 0. The number of nitrogens with zero attached hydrogens (tertiary/aromatic N) is 1. The van der Waals surface area contributed by atoms with E-state index in [-0.39, 0.29) is 38.1 Å². The third kappa shape index (κ3) is 4.91. The molecule has 141 valence electrons. The molecule has 3 unspecified atom stereocenters. The zero-order chi connectivity index (χ0) is 17.9. The van der Waals surface area contributed by atoms with Gasteiger partial charge in [0.15, 0.2) is 0 Å². The van der Waals surface area contributed by atoms with E-state index in [1.807, 2.05) is 24.3 Å². The van der Waals surface area contributed by atoms with Crippen molar-refractivity contribution in [3.05, 3.63) is 48.9 Å². The summed E-state index contributed by atoms with van der Waals surface area (Å²) in [5, 5.41) is 20.9. The zero-order valence-corrected chi connectivity index (χ0v) is 19.0. The van der Waals surface area contributed by atoms with Gasteiger partial charge in [-0.25, -0.2) is 0 Å². The van der Waals surface area contributed by atoms with Gasteiger partial charge in [0.1, 0.15) is 6.10 Å². The molecule has 0 aromatic heterocycles. The number of hydrogen-bond donors (Lipinski definition) is 2. The number of unbranched alkanes of at least 4 members (excludes halogenated alkanes) is 1. The smallest absolute Gasteiger partial charge is 0.108 e. The van der Waals surface area contributed by atoms with Gasteiger partial charge in [0.05, 0.1) is 11.0 Å². The zero-order valence-electron chi connectivity index (χ0n) is 15.4. The number of anilines is 1. The predicted octanol–water partition coefficient (Wildman–Crippen LogP) is 4.38. The number of allylic oxidation sites excluding steroid dienone is 1. The first kappa shape index (κ1) is 22.4. The van der Waals surface area contributed by atoms with Crippen LogP contribution in [0.1, 0.15) is 56.6 Å². The van der Waals surface area contributed by atoms with Crippen molar-refractivity contribution in [3.8, 4) is 0 Å². The largest absolute Gasteiger partial charge is 0.387 e. The van der Waals surface area contributed by atoms with Crippen molar-refractivity contribution >= 4 is 17.3 Å². The third-order valence-corrected chi connectivity index (χ3v) is 6.16. The molecule has 1 aromatic carbocycles. The molecule has 1 aliphatic heterocycles. The fraction of sp³-hybridized carbons (Fsp3) is 0.571. The summed E-state index contributed by atoms with van der Waals surface area (Å²) in [6, 6.07) is 8.26. The number of hydrogen-bond acceptors (Lipinski definition) is 3. The Morgan fingerprint density at radius 2 is 1.96 bits per heavy atom. The number of rotatable bonds is 7. The third-order valence-electron chi connectivity index (χ3n) is 5.65. The van der Waals surface area contributed by atoms with Gasteiger partial charge in [-0.1, -0.05) is 30.7 Å². The first-order valence-electron chi connectivity index (χ1n) is 9.40. The van der Waals surface area contributed by atoms with Crippen LogP contribution in [-0.2, 0) is 32.7 Å². The molecule has 1 radical (unpaired) electrons. The van der Waals surface area contributed by atoms with E-state index < -0.39 is 11.7 Å². The van der Waals surface area contributed by atoms with Crippen LogP contribution in [0.5, 0.6) is 0 Å². The fourth-order valence-electron chi connectivity index (χ4n) is 3.85. The molecule has 3 rings (SSSR count). The first-order valence-corrected chi connectivity index (χ1v) is 9.84. The maximum absolute atomic E-state index is 10.4. The quantitative estimate of drug-likeness (QED) is 0.367. The fourth-order valence-corrected chi connectivity index (χ4v) is 4.19. The Morgan fingerprint density at radius 3 is 2.54 bits per heavy atom. The molecule has 3 nitrogen and oxygen atoms in total. The number of aliphatic hydroxyl groups excluding tert-OH is 1. The van der Waals surface area contributed by atoms with Crippen LogP contribution in [0.25, 0.3) is 0 Å². The maximum atomic E-state index is 10.4. The van der Waals surface area contributed by atoms with Crippen molar-refractivity contribution in [2.45, 2.75) is 68.1 Å². The van der Waals surface area contributed by atoms with Gasteiger partial charge < -0.3 is 22.0 Å². The van der Waals surface area contributed by atoms with Gasteiger partial charge in [0.2, 0.25) is 0 Å². The minimum atomic E-state index is -0.933. The van der Waals surface area contributed by atoms with E-state index in [0.29, 0.717) is 18.9 Å². The van der Waals surface area contributed by atoms with E-state index >= 15 is 0 Å². The molecular formula is C21H29ClNO2Y-. The predicted molar refractivity (Wildman–Crippen MR) is 104 cm³/mol. The van der Waals surface area contributed by atoms with Crippen LogP contribution in [0.2, 0.25) is 0 Å². The van der Waals surface area contributed by atoms with E-state index in [1.165, 1.54) is 0 Å². The van der Waals surface area contributed by atoms with Crippen LogP contribution in [0.15, 0.2) is 36.4 Å². The van der Waals surface area contributed by atoms with Crippen molar-refractivity contribution in [1.82, 2.24) is 0 Å². The topological polar surface area (TPSA) is 43.7 Å². The second kappa shape index (κ2) is 10.0. The summed E-state index contributed by atoms with van der Waals surface area (Å²) in [6.07, 6.45) is 9.81. The Balaban J connectivity index is 0.00000243. The molecular weight excluding hydrogens is 423 g/mol. The van der Waals surface area contributed by atoms with Crippen LogP contribution in [-0.4, -0.2) is 33.8 Å².